The van der Waals surface area contributed by atoms with E-state index in [9.17, 15) is 30.3 Å². The first kappa shape index (κ1) is 66.2. The fourth-order valence-corrected chi connectivity index (χ4v) is 9.36. The van der Waals surface area contributed by atoms with Crippen molar-refractivity contribution < 1.29 is 39.8 Å². The SMILES string of the molecule is CCCCCCCC/C=C/CC/C=C/CC/C=C/C(O)C(COC1OC(CO)C(O)C(O)C1O)NC(=O)CCCCCCCCCCCCCCCCC/C=C\CCCCCCCCCCCCCC. The van der Waals surface area contributed by atoms with E-state index in [1.807, 2.05) is 6.08 Å². The van der Waals surface area contributed by atoms with Gasteiger partial charge >= 0.3 is 0 Å². The van der Waals surface area contributed by atoms with Crippen molar-refractivity contribution in [3.05, 3.63) is 48.6 Å². The number of allylic oxidation sites excluding steroid dienone is 7. The average molecular weight is 989 g/mol. The summed E-state index contributed by atoms with van der Waals surface area (Å²) in [7, 11) is 0. The fraction of sp³-hybridized carbons (Fsp3) is 0.852. The molecule has 70 heavy (non-hydrogen) atoms. The molecular formula is C61H113NO8. The Labute approximate surface area is 431 Å². The molecule has 7 unspecified atom stereocenters. The normalized spacial score (nSPS) is 19.7. The van der Waals surface area contributed by atoms with Crippen LogP contribution in [0.2, 0.25) is 0 Å². The molecule has 1 fully saturated rings. The lowest BCUT2D eigenvalue weighted by molar-refractivity contribution is -0.302. The highest BCUT2D eigenvalue weighted by Gasteiger charge is 2.44. The van der Waals surface area contributed by atoms with Crippen LogP contribution in [-0.4, -0.2) is 87.5 Å². The smallest absolute Gasteiger partial charge is 0.220 e. The second kappa shape index (κ2) is 50.7. The maximum Gasteiger partial charge on any atom is 0.220 e. The lowest BCUT2D eigenvalue weighted by Crippen LogP contribution is -2.60. The van der Waals surface area contributed by atoms with Gasteiger partial charge in [0.05, 0.1) is 25.4 Å². The standard InChI is InChI=1S/C61H113NO8/c1-3-5-7-9-11-13-15-17-19-21-22-23-24-25-26-27-28-29-30-31-32-33-34-35-37-39-41-43-45-47-49-51-57(65)62-54(53-69-61-60(68)59(67)58(66)56(52-63)70-61)55(64)50-48-46-44-42-40-38-36-20-18-16-14-12-10-8-6-4-2/h18,20,25-26,40,42,48,50,54-56,58-61,63-64,66-68H,3-17,19,21-24,27-39,41,43-47,49,51-53H2,1-2H3,(H,62,65)/b20-18+,26-25-,42-40+,50-48+. The predicted molar refractivity (Wildman–Crippen MR) is 295 cm³/mol. The number of aliphatic hydroxyl groups is 5. The minimum atomic E-state index is -1.57. The van der Waals surface area contributed by atoms with Gasteiger partial charge in [0.15, 0.2) is 6.29 Å². The van der Waals surface area contributed by atoms with E-state index in [4.69, 9.17) is 9.47 Å². The predicted octanol–water partition coefficient (Wildman–Crippen LogP) is 14.9. The van der Waals surface area contributed by atoms with Crippen LogP contribution in [0.3, 0.4) is 0 Å². The Morgan fingerprint density at radius 3 is 1.20 bits per heavy atom. The highest BCUT2D eigenvalue weighted by Crippen LogP contribution is 2.23. The van der Waals surface area contributed by atoms with Crippen molar-refractivity contribution in [2.24, 2.45) is 0 Å². The van der Waals surface area contributed by atoms with Gasteiger partial charge in [-0.15, -0.1) is 0 Å². The number of nitrogens with one attached hydrogen (secondary N) is 1. The van der Waals surface area contributed by atoms with Crippen LogP contribution in [0, 0.1) is 0 Å². The van der Waals surface area contributed by atoms with Crippen LogP contribution < -0.4 is 5.32 Å². The summed E-state index contributed by atoms with van der Waals surface area (Å²) in [6, 6.07) is -0.828. The molecule has 0 spiro atoms. The van der Waals surface area contributed by atoms with E-state index >= 15 is 0 Å². The van der Waals surface area contributed by atoms with Gasteiger partial charge in [-0.05, 0) is 70.6 Å². The Kier molecular flexibility index (Phi) is 47.9. The Morgan fingerprint density at radius 2 is 0.814 bits per heavy atom. The van der Waals surface area contributed by atoms with E-state index < -0.39 is 49.5 Å². The molecule has 0 aromatic heterocycles. The van der Waals surface area contributed by atoms with Gasteiger partial charge < -0.3 is 40.3 Å². The lowest BCUT2D eigenvalue weighted by atomic mass is 9.99. The molecule has 1 heterocycles. The number of carbonyl (C=O) groups excluding carboxylic acids is 1. The summed E-state index contributed by atoms with van der Waals surface area (Å²) in [5, 5.41) is 54.4. The number of rotatable bonds is 51. The molecule has 1 aliphatic heterocycles. The van der Waals surface area contributed by atoms with Crippen LogP contribution in [0.15, 0.2) is 48.6 Å². The van der Waals surface area contributed by atoms with Gasteiger partial charge in [0.25, 0.3) is 0 Å². The van der Waals surface area contributed by atoms with Crippen LogP contribution in [-0.2, 0) is 14.3 Å². The van der Waals surface area contributed by atoms with E-state index in [1.165, 1.54) is 205 Å². The fourth-order valence-electron chi connectivity index (χ4n) is 9.36. The van der Waals surface area contributed by atoms with Crippen molar-refractivity contribution in [1.29, 1.82) is 0 Å². The van der Waals surface area contributed by atoms with Gasteiger partial charge in [-0.3, -0.25) is 4.79 Å². The monoisotopic (exact) mass is 988 g/mol. The zero-order chi connectivity index (χ0) is 50.8. The molecule has 410 valence electrons. The van der Waals surface area contributed by atoms with Crippen LogP contribution in [0.4, 0.5) is 0 Å². The van der Waals surface area contributed by atoms with E-state index in [0.717, 1.165) is 51.4 Å². The number of hydrogen-bond donors (Lipinski definition) is 6. The highest BCUT2D eigenvalue weighted by atomic mass is 16.7. The molecule has 1 aliphatic rings. The Bertz CT molecular complexity index is 1240. The molecule has 0 radical (unpaired) electrons. The molecule has 1 rings (SSSR count). The first-order valence-electron chi connectivity index (χ1n) is 29.9. The molecule has 1 saturated heterocycles. The van der Waals surface area contributed by atoms with Crippen LogP contribution in [0.25, 0.3) is 0 Å². The minimum Gasteiger partial charge on any atom is -0.394 e. The number of carbonyl (C=O) groups is 1. The molecule has 7 atom stereocenters. The van der Waals surface area contributed by atoms with Gasteiger partial charge in [-0.1, -0.05) is 249 Å². The molecule has 6 N–H and O–H groups in total. The second-order valence-electron chi connectivity index (χ2n) is 20.8. The van der Waals surface area contributed by atoms with E-state index in [2.05, 4.69) is 55.6 Å². The van der Waals surface area contributed by atoms with Crippen molar-refractivity contribution >= 4 is 5.91 Å². The molecule has 0 aromatic carbocycles. The van der Waals surface area contributed by atoms with Gasteiger partial charge in [-0.2, -0.15) is 0 Å². The second-order valence-corrected chi connectivity index (χ2v) is 20.8. The molecular weight excluding hydrogens is 875 g/mol. The summed E-state index contributed by atoms with van der Waals surface area (Å²) in [6.45, 7) is 3.77. The summed E-state index contributed by atoms with van der Waals surface area (Å²) in [4.78, 5) is 13.0. The van der Waals surface area contributed by atoms with Crippen molar-refractivity contribution in [2.75, 3.05) is 13.2 Å². The van der Waals surface area contributed by atoms with E-state index in [-0.39, 0.29) is 12.5 Å². The molecule has 0 bridgehead atoms. The first-order valence-corrected chi connectivity index (χ1v) is 29.9. The van der Waals surface area contributed by atoms with Crippen molar-refractivity contribution in [3.63, 3.8) is 0 Å². The van der Waals surface area contributed by atoms with E-state index in [1.54, 1.807) is 6.08 Å². The van der Waals surface area contributed by atoms with Crippen molar-refractivity contribution in [1.82, 2.24) is 5.32 Å². The van der Waals surface area contributed by atoms with Crippen LogP contribution >= 0.6 is 0 Å². The zero-order valence-electron chi connectivity index (χ0n) is 45.5. The van der Waals surface area contributed by atoms with E-state index in [0.29, 0.717) is 6.42 Å². The maximum atomic E-state index is 13.0. The lowest BCUT2D eigenvalue weighted by Gasteiger charge is -2.40. The number of amides is 1. The summed E-state index contributed by atoms with van der Waals surface area (Å²) in [5.74, 6) is -0.189. The summed E-state index contributed by atoms with van der Waals surface area (Å²) in [6.07, 6.45) is 60.5. The molecule has 9 nitrogen and oxygen atoms in total. The van der Waals surface area contributed by atoms with Gasteiger partial charge in [0.2, 0.25) is 5.91 Å². The quantitative estimate of drug-likeness (QED) is 0.0261. The number of aliphatic hydroxyl groups excluding tert-OH is 5. The Balaban J connectivity index is 2.16. The minimum absolute atomic E-state index is 0.189. The van der Waals surface area contributed by atoms with Gasteiger partial charge in [0, 0.05) is 6.42 Å². The third-order valence-corrected chi connectivity index (χ3v) is 14.1. The Morgan fingerprint density at radius 1 is 0.471 bits per heavy atom. The van der Waals surface area contributed by atoms with Gasteiger partial charge in [-0.25, -0.2) is 0 Å². The third-order valence-electron chi connectivity index (χ3n) is 14.1. The number of ether oxygens (including phenoxy) is 2. The maximum absolute atomic E-state index is 13.0. The van der Waals surface area contributed by atoms with Crippen LogP contribution in [0.5, 0.6) is 0 Å². The summed E-state index contributed by atoms with van der Waals surface area (Å²) < 4.78 is 11.2. The number of hydrogen-bond acceptors (Lipinski definition) is 8. The van der Waals surface area contributed by atoms with Crippen molar-refractivity contribution in [2.45, 2.75) is 320 Å². The Hall–Kier alpha value is -1.85. The molecule has 1 amide bonds. The zero-order valence-corrected chi connectivity index (χ0v) is 45.5. The third kappa shape index (κ3) is 39.7. The molecule has 0 saturated carbocycles. The summed E-state index contributed by atoms with van der Waals surface area (Å²) in [5.41, 5.74) is 0. The summed E-state index contributed by atoms with van der Waals surface area (Å²) >= 11 is 0. The molecule has 0 aliphatic carbocycles. The molecule has 0 aromatic rings. The van der Waals surface area contributed by atoms with Crippen molar-refractivity contribution in [3.8, 4) is 0 Å². The molecule has 9 heteroatoms. The highest BCUT2D eigenvalue weighted by molar-refractivity contribution is 5.76. The number of unbranched alkanes of at least 4 members (excludes halogenated alkanes) is 35. The topological polar surface area (TPSA) is 149 Å². The van der Waals surface area contributed by atoms with Crippen LogP contribution in [0.1, 0.15) is 277 Å². The van der Waals surface area contributed by atoms with Gasteiger partial charge in [0.1, 0.15) is 24.4 Å². The average Bonchev–Trinajstić information content (AvgIpc) is 3.36. The largest absolute Gasteiger partial charge is 0.394 e. The first-order chi connectivity index (χ1) is 34.3.